The Morgan fingerprint density at radius 3 is 2.59 bits per heavy atom. The van der Waals surface area contributed by atoms with Gasteiger partial charge in [0.05, 0.1) is 18.0 Å². The topological polar surface area (TPSA) is 78.6 Å². The number of hydrogen-bond donors (Lipinski definition) is 1. The number of rotatable bonds is 7. The molecule has 0 saturated heterocycles. The summed E-state index contributed by atoms with van der Waals surface area (Å²) in [5.74, 6) is 0.0434. The molecule has 2 unspecified atom stereocenters. The van der Waals surface area contributed by atoms with Gasteiger partial charge in [0.25, 0.3) is 0 Å². The van der Waals surface area contributed by atoms with Gasteiger partial charge in [-0.3, -0.25) is 0 Å². The molecule has 2 N–H and O–H groups in total. The Balaban J connectivity index is 2.06. The number of sulfonamides is 1. The summed E-state index contributed by atoms with van der Waals surface area (Å²) in [4.78, 5) is 0. The van der Waals surface area contributed by atoms with Crippen LogP contribution in [-0.2, 0) is 19.5 Å². The van der Waals surface area contributed by atoms with E-state index in [9.17, 15) is 8.42 Å². The van der Waals surface area contributed by atoms with Gasteiger partial charge in [-0.05, 0) is 38.5 Å². The average Bonchev–Trinajstić information content (AvgIpc) is 2.27. The van der Waals surface area contributed by atoms with Crippen LogP contribution in [0.1, 0.15) is 38.5 Å². The van der Waals surface area contributed by atoms with Crippen molar-refractivity contribution in [2.45, 2.75) is 50.7 Å². The maximum Gasteiger partial charge on any atom is 0.209 e. The molecule has 1 aliphatic rings. The fraction of sp³-hybridized carbons (Fsp3) is 1.00. The Morgan fingerprint density at radius 1 is 1.24 bits per heavy atom. The second-order valence-corrected chi connectivity index (χ2v) is 6.33. The summed E-state index contributed by atoms with van der Waals surface area (Å²) < 4.78 is 32.4. The summed E-state index contributed by atoms with van der Waals surface area (Å²) in [6, 6.07) is 0. The number of primary sulfonamides is 1. The predicted octanol–water partition coefficient (Wildman–Crippen LogP) is 1.03. The molecule has 0 aromatic rings. The first-order valence-electron chi connectivity index (χ1n) is 6.16. The van der Waals surface area contributed by atoms with Crippen molar-refractivity contribution < 1.29 is 17.9 Å². The second kappa shape index (κ2) is 7.31. The highest BCUT2D eigenvalue weighted by atomic mass is 32.2. The molecule has 0 amide bonds. The predicted molar refractivity (Wildman–Crippen MR) is 66.2 cm³/mol. The second-order valence-electron chi connectivity index (χ2n) is 4.59. The fourth-order valence-corrected chi connectivity index (χ4v) is 2.73. The van der Waals surface area contributed by atoms with Crippen LogP contribution in [0.15, 0.2) is 0 Å². The number of methoxy groups -OCH3 is 1. The van der Waals surface area contributed by atoms with Gasteiger partial charge in [0.1, 0.15) is 0 Å². The van der Waals surface area contributed by atoms with Crippen LogP contribution in [0, 0.1) is 0 Å². The molecule has 1 aliphatic carbocycles. The summed E-state index contributed by atoms with van der Waals surface area (Å²) in [5.41, 5.74) is 0. The van der Waals surface area contributed by atoms with Crippen LogP contribution in [0.4, 0.5) is 0 Å². The van der Waals surface area contributed by atoms with Crippen LogP contribution >= 0.6 is 0 Å². The summed E-state index contributed by atoms with van der Waals surface area (Å²) >= 11 is 0. The molecule has 102 valence electrons. The van der Waals surface area contributed by atoms with Gasteiger partial charge in [0.15, 0.2) is 0 Å². The quantitative estimate of drug-likeness (QED) is 0.697. The van der Waals surface area contributed by atoms with E-state index in [-0.39, 0.29) is 11.9 Å². The first-order valence-corrected chi connectivity index (χ1v) is 7.87. The molecule has 17 heavy (non-hydrogen) atoms. The van der Waals surface area contributed by atoms with Crippen LogP contribution in [0.25, 0.3) is 0 Å². The molecule has 0 aromatic heterocycles. The van der Waals surface area contributed by atoms with Crippen LogP contribution in [0.2, 0.25) is 0 Å². The maximum absolute atomic E-state index is 10.7. The fourth-order valence-electron chi connectivity index (χ4n) is 2.12. The Morgan fingerprint density at radius 2 is 1.94 bits per heavy atom. The van der Waals surface area contributed by atoms with E-state index in [2.05, 4.69) is 0 Å². The number of unbranched alkanes of at least 4 members (excludes halogenated alkanes) is 1. The SMILES string of the molecule is COC1CCCC(OCCCCS(N)(=O)=O)C1. The lowest BCUT2D eigenvalue weighted by Gasteiger charge is -2.28. The number of ether oxygens (including phenoxy) is 2. The van der Waals surface area contributed by atoms with Crippen LogP contribution in [0.5, 0.6) is 0 Å². The summed E-state index contributed by atoms with van der Waals surface area (Å²) in [6.45, 7) is 0.608. The van der Waals surface area contributed by atoms with E-state index in [1.165, 1.54) is 0 Å². The Bertz CT molecular complexity index is 305. The van der Waals surface area contributed by atoms with Crippen LogP contribution < -0.4 is 5.14 Å². The largest absolute Gasteiger partial charge is 0.381 e. The van der Waals surface area contributed by atoms with E-state index in [1.54, 1.807) is 7.11 Å². The van der Waals surface area contributed by atoms with Crippen LogP contribution in [0.3, 0.4) is 0 Å². The van der Waals surface area contributed by atoms with Crippen molar-refractivity contribution in [2.75, 3.05) is 19.5 Å². The van der Waals surface area contributed by atoms with Gasteiger partial charge >= 0.3 is 0 Å². The van der Waals surface area contributed by atoms with E-state index < -0.39 is 10.0 Å². The van der Waals surface area contributed by atoms with Crippen LogP contribution in [-0.4, -0.2) is 40.1 Å². The van der Waals surface area contributed by atoms with E-state index >= 15 is 0 Å². The zero-order valence-electron chi connectivity index (χ0n) is 10.4. The van der Waals surface area contributed by atoms with Crippen molar-refractivity contribution in [1.29, 1.82) is 0 Å². The molecule has 0 aliphatic heterocycles. The normalized spacial score (nSPS) is 26.0. The molecular formula is C11H23NO4S. The Labute approximate surface area is 104 Å². The molecule has 6 heteroatoms. The minimum atomic E-state index is -3.32. The Hall–Kier alpha value is -0.170. The van der Waals surface area contributed by atoms with E-state index in [0.717, 1.165) is 32.1 Å². The molecule has 0 aromatic carbocycles. The molecule has 5 nitrogen and oxygen atoms in total. The van der Waals surface area contributed by atoms with Gasteiger partial charge in [0.2, 0.25) is 10.0 Å². The first-order chi connectivity index (χ1) is 8.01. The molecule has 1 saturated carbocycles. The van der Waals surface area contributed by atoms with Gasteiger partial charge in [-0.25, -0.2) is 13.6 Å². The van der Waals surface area contributed by atoms with Crippen molar-refractivity contribution in [3.05, 3.63) is 0 Å². The lowest BCUT2D eigenvalue weighted by atomic mass is 9.95. The average molecular weight is 265 g/mol. The highest BCUT2D eigenvalue weighted by Gasteiger charge is 2.21. The van der Waals surface area contributed by atoms with E-state index in [4.69, 9.17) is 14.6 Å². The third kappa shape index (κ3) is 6.98. The molecular weight excluding hydrogens is 242 g/mol. The van der Waals surface area contributed by atoms with Crippen molar-refractivity contribution in [1.82, 2.24) is 0 Å². The monoisotopic (exact) mass is 265 g/mol. The zero-order chi connectivity index (χ0) is 12.7. The molecule has 1 rings (SSSR count). The molecule has 2 atom stereocenters. The Kier molecular flexibility index (Phi) is 6.40. The molecule has 0 spiro atoms. The van der Waals surface area contributed by atoms with Gasteiger partial charge in [-0.1, -0.05) is 0 Å². The summed E-state index contributed by atoms with van der Waals surface area (Å²) in [7, 11) is -1.58. The molecule has 0 bridgehead atoms. The van der Waals surface area contributed by atoms with Crippen molar-refractivity contribution in [3.63, 3.8) is 0 Å². The number of nitrogens with two attached hydrogens (primary N) is 1. The first kappa shape index (κ1) is 14.9. The summed E-state index contributed by atoms with van der Waals surface area (Å²) in [5, 5.41) is 4.91. The third-order valence-electron chi connectivity index (χ3n) is 3.09. The van der Waals surface area contributed by atoms with Gasteiger partial charge < -0.3 is 9.47 Å². The lowest BCUT2D eigenvalue weighted by Crippen LogP contribution is -2.27. The van der Waals surface area contributed by atoms with Crippen molar-refractivity contribution in [3.8, 4) is 0 Å². The maximum atomic E-state index is 10.7. The van der Waals surface area contributed by atoms with E-state index in [0.29, 0.717) is 19.1 Å². The standard InChI is InChI=1S/C11H23NO4S/c1-15-10-5-4-6-11(9-10)16-7-2-3-8-17(12,13)14/h10-11H,2-9H2,1H3,(H2,12,13,14). The van der Waals surface area contributed by atoms with Crippen molar-refractivity contribution in [2.24, 2.45) is 5.14 Å². The van der Waals surface area contributed by atoms with Crippen molar-refractivity contribution >= 4 is 10.0 Å². The minimum absolute atomic E-state index is 0.0434. The third-order valence-corrected chi connectivity index (χ3v) is 3.95. The van der Waals surface area contributed by atoms with Gasteiger partial charge in [-0.2, -0.15) is 0 Å². The highest BCUT2D eigenvalue weighted by Crippen LogP contribution is 2.23. The minimum Gasteiger partial charge on any atom is -0.381 e. The zero-order valence-corrected chi connectivity index (χ0v) is 11.2. The molecule has 0 heterocycles. The molecule has 1 fully saturated rings. The molecule has 0 radical (unpaired) electrons. The van der Waals surface area contributed by atoms with Gasteiger partial charge in [-0.15, -0.1) is 0 Å². The summed E-state index contributed by atoms with van der Waals surface area (Å²) in [6.07, 6.45) is 6.17. The smallest absolute Gasteiger partial charge is 0.209 e. The van der Waals surface area contributed by atoms with E-state index in [1.807, 2.05) is 0 Å². The highest BCUT2D eigenvalue weighted by molar-refractivity contribution is 7.89. The van der Waals surface area contributed by atoms with Gasteiger partial charge in [0, 0.05) is 13.7 Å². The number of hydrogen-bond acceptors (Lipinski definition) is 4. The lowest BCUT2D eigenvalue weighted by molar-refractivity contribution is -0.0299.